The first kappa shape index (κ1) is 35.5. The van der Waals surface area contributed by atoms with Crippen molar-refractivity contribution in [1.29, 1.82) is 0 Å². The van der Waals surface area contributed by atoms with Gasteiger partial charge in [-0.25, -0.2) is 0 Å². The molecular weight excluding hydrogens is 743 g/mol. The van der Waals surface area contributed by atoms with Gasteiger partial charge in [-0.05, 0) is 125 Å². The number of rotatable bonds is 1. The van der Waals surface area contributed by atoms with Gasteiger partial charge in [0.1, 0.15) is 11.5 Å². The highest BCUT2D eigenvalue weighted by atomic mass is 28.3. The van der Waals surface area contributed by atoms with Gasteiger partial charge < -0.3 is 9.64 Å². The van der Waals surface area contributed by atoms with Crippen LogP contribution in [0.4, 0.5) is 17.1 Å². The van der Waals surface area contributed by atoms with E-state index in [1.54, 1.807) is 0 Å². The third-order valence-corrected chi connectivity index (χ3v) is 19.0. The van der Waals surface area contributed by atoms with Crippen LogP contribution in [0, 0.1) is 0 Å². The Bertz CT molecular complexity index is 2950. The first-order chi connectivity index (χ1) is 29.0. The quantitative estimate of drug-likeness (QED) is 0.154. The molecule has 12 rings (SSSR count). The van der Waals surface area contributed by atoms with Crippen LogP contribution in [0.15, 0.2) is 176 Å². The molecule has 0 bridgehead atoms. The molecule has 0 amide bonds. The van der Waals surface area contributed by atoms with Gasteiger partial charge in [-0.1, -0.05) is 169 Å². The minimum absolute atomic E-state index is 0.0528. The topological polar surface area (TPSA) is 12.5 Å². The van der Waals surface area contributed by atoms with Crippen molar-refractivity contribution < 1.29 is 4.74 Å². The Morgan fingerprint density at radius 3 is 1.28 bits per heavy atom. The lowest BCUT2D eigenvalue weighted by atomic mass is 9.60. The summed E-state index contributed by atoms with van der Waals surface area (Å²) in [7, 11) is -2.66. The summed E-state index contributed by atoms with van der Waals surface area (Å²) in [4.78, 5) is 2.56. The molecule has 0 radical (unpaired) electrons. The SMILES string of the molecule is CC(C)(C)c1ccc2c(c1)C1(c3cc(C(C)(C)C)ccc3O2)c2ccccc2N(c2ccc3c(c2)[Si]2(c4ccccc4-c4ccccc42)c2ccccc2-3)c2ccccc21. The zero-order chi connectivity index (χ0) is 40.8. The van der Waals surface area contributed by atoms with E-state index in [1.807, 2.05) is 0 Å². The van der Waals surface area contributed by atoms with Gasteiger partial charge in [0.05, 0.1) is 16.8 Å². The van der Waals surface area contributed by atoms with Crippen molar-refractivity contribution in [3.05, 3.63) is 209 Å². The van der Waals surface area contributed by atoms with Gasteiger partial charge in [-0.2, -0.15) is 0 Å². The second-order valence-electron chi connectivity index (χ2n) is 19.3. The molecule has 0 unspecified atom stereocenters. The predicted molar refractivity (Wildman–Crippen MR) is 252 cm³/mol. The Hall–Kier alpha value is -6.42. The summed E-state index contributed by atoms with van der Waals surface area (Å²) in [6.45, 7) is 13.9. The second kappa shape index (κ2) is 12.1. The molecule has 4 aliphatic heterocycles. The van der Waals surface area contributed by atoms with Crippen molar-refractivity contribution in [1.82, 2.24) is 0 Å². The minimum Gasteiger partial charge on any atom is -0.457 e. The van der Waals surface area contributed by atoms with Crippen molar-refractivity contribution in [3.8, 4) is 33.8 Å². The monoisotopic (exact) mass is 789 g/mol. The summed E-state index contributed by atoms with van der Waals surface area (Å²) >= 11 is 0. The standard InChI is InChI=1S/C57H47NOSi/c1-55(2,3)36-27-31-49-45(33-36)57(46-34-37(56(4,5)6)28-32-50(46)59-49)43-20-10-12-22-47(43)58(48-23-13-11-21-44(48)57)38-29-30-42-41-19-9-16-26-53(41)60(54(42)35-38)51-24-14-7-17-39(51)40-18-8-15-25-52(40)60/h7-35H,1-6H3. The number of para-hydroxylation sites is 2. The van der Waals surface area contributed by atoms with Crippen LogP contribution in [0.25, 0.3) is 22.3 Å². The Balaban J connectivity index is 1.16. The van der Waals surface area contributed by atoms with Gasteiger partial charge in [0.25, 0.3) is 0 Å². The molecule has 0 saturated carbocycles. The molecule has 4 aliphatic rings. The second-order valence-corrected chi connectivity index (χ2v) is 22.9. The van der Waals surface area contributed by atoms with Crippen LogP contribution < -0.4 is 30.4 Å². The highest BCUT2D eigenvalue weighted by Gasteiger charge is 2.55. The average Bonchev–Trinajstić information content (AvgIpc) is 3.72. The number of ether oxygens (including phenoxy) is 1. The fraction of sp³-hybridized carbons (Fsp3) is 0.158. The fourth-order valence-corrected chi connectivity index (χ4v) is 17.0. The lowest BCUT2D eigenvalue weighted by molar-refractivity contribution is 0.430. The number of anilines is 3. The summed E-state index contributed by atoms with van der Waals surface area (Å²) in [5.41, 5.74) is 15.8. The van der Waals surface area contributed by atoms with Crippen molar-refractivity contribution in [2.45, 2.75) is 57.8 Å². The molecule has 0 aromatic heterocycles. The molecule has 0 N–H and O–H groups in total. The van der Waals surface area contributed by atoms with E-state index in [0.29, 0.717) is 0 Å². The van der Waals surface area contributed by atoms with Crippen LogP contribution in [0.5, 0.6) is 11.5 Å². The minimum atomic E-state index is -2.66. The summed E-state index contributed by atoms with van der Waals surface area (Å²) in [6, 6.07) is 67.3. The summed E-state index contributed by atoms with van der Waals surface area (Å²) in [6.07, 6.45) is 0. The van der Waals surface area contributed by atoms with Gasteiger partial charge >= 0.3 is 0 Å². The molecule has 8 aromatic carbocycles. The van der Waals surface area contributed by atoms with E-state index < -0.39 is 13.5 Å². The third kappa shape index (κ3) is 4.48. The average molecular weight is 790 g/mol. The molecule has 3 heteroatoms. The van der Waals surface area contributed by atoms with Gasteiger partial charge in [-0.3, -0.25) is 0 Å². The van der Waals surface area contributed by atoms with E-state index in [9.17, 15) is 0 Å². The van der Waals surface area contributed by atoms with Gasteiger partial charge in [0.2, 0.25) is 0 Å². The van der Waals surface area contributed by atoms with Crippen LogP contribution in [-0.2, 0) is 16.2 Å². The Kier molecular flexibility index (Phi) is 7.15. The lowest BCUT2D eigenvalue weighted by Crippen LogP contribution is -2.70. The van der Waals surface area contributed by atoms with E-state index in [-0.39, 0.29) is 10.8 Å². The van der Waals surface area contributed by atoms with E-state index in [4.69, 9.17) is 4.74 Å². The smallest absolute Gasteiger partial charge is 0.182 e. The third-order valence-electron chi connectivity index (χ3n) is 14.1. The van der Waals surface area contributed by atoms with Crippen LogP contribution in [0.3, 0.4) is 0 Å². The highest BCUT2D eigenvalue weighted by molar-refractivity contribution is 7.24. The van der Waals surface area contributed by atoms with E-state index >= 15 is 0 Å². The molecular formula is C57H47NOSi. The largest absolute Gasteiger partial charge is 0.457 e. The lowest BCUT2D eigenvalue weighted by Gasteiger charge is -2.49. The molecule has 2 spiro atoms. The summed E-state index contributed by atoms with van der Waals surface area (Å²) < 4.78 is 6.96. The van der Waals surface area contributed by atoms with Gasteiger partial charge in [0.15, 0.2) is 8.07 Å². The fourth-order valence-electron chi connectivity index (χ4n) is 11.3. The maximum Gasteiger partial charge on any atom is 0.182 e. The number of benzene rings is 8. The molecule has 2 nitrogen and oxygen atoms in total. The zero-order valence-corrected chi connectivity index (χ0v) is 36.1. The van der Waals surface area contributed by atoms with Crippen molar-refractivity contribution in [2.24, 2.45) is 0 Å². The highest BCUT2D eigenvalue weighted by Crippen LogP contribution is 2.63. The molecule has 60 heavy (non-hydrogen) atoms. The Labute approximate surface area is 354 Å². The molecule has 0 fully saturated rings. The van der Waals surface area contributed by atoms with Crippen LogP contribution in [0.2, 0.25) is 0 Å². The van der Waals surface area contributed by atoms with Crippen LogP contribution in [0.1, 0.15) is 74.9 Å². The molecule has 0 atom stereocenters. The van der Waals surface area contributed by atoms with E-state index in [0.717, 1.165) is 11.5 Å². The summed E-state index contributed by atoms with van der Waals surface area (Å²) in [5, 5.41) is 5.95. The maximum absolute atomic E-state index is 6.96. The normalized spacial score (nSPS) is 15.5. The van der Waals surface area contributed by atoms with E-state index in [2.05, 4.69) is 222 Å². The number of nitrogens with zero attached hydrogens (tertiary/aromatic N) is 1. The first-order valence-electron chi connectivity index (χ1n) is 21.4. The molecule has 290 valence electrons. The Morgan fingerprint density at radius 1 is 0.400 bits per heavy atom. The van der Waals surface area contributed by atoms with Gasteiger partial charge in [-0.15, -0.1) is 0 Å². The van der Waals surface area contributed by atoms with Crippen LogP contribution >= 0.6 is 0 Å². The maximum atomic E-state index is 6.96. The van der Waals surface area contributed by atoms with Crippen LogP contribution in [-0.4, -0.2) is 8.07 Å². The van der Waals surface area contributed by atoms with Gasteiger partial charge in [0, 0.05) is 16.8 Å². The summed E-state index contributed by atoms with van der Waals surface area (Å²) in [5.74, 6) is 1.83. The van der Waals surface area contributed by atoms with Crippen molar-refractivity contribution in [3.63, 3.8) is 0 Å². The molecule has 0 saturated heterocycles. The zero-order valence-electron chi connectivity index (χ0n) is 35.1. The number of fused-ring (bicyclic) bond motifs is 18. The number of hydrogen-bond acceptors (Lipinski definition) is 2. The van der Waals surface area contributed by atoms with Crippen molar-refractivity contribution >= 4 is 45.9 Å². The first-order valence-corrected chi connectivity index (χ1v) is 23.4. The molecule has 0 aliphatic carbocycles. The van der Waals surface area contributed by atoms with Crippen molar-refractivity contribution in [2.75, 3.05) is 4.90 Å². The molecule has 8 aromatic rings. The molecule has 4 heterocycles. The van der Waals surface area contributed by atoms with E-state index in [1.165, 1.54) is 93.4 Å². The predicted octanol–water partition coefficient (Wildman–Crippen LogP) is 11.9. The number of hydrogen-bond donors (Lipinski definition) is 0. The Morgan fingerprint density at radius 2 is 0.817 bits per heavy atom.